The molecule has 0 aromatic rings. The van der Waals surface area contributed by atoms with E-state index in [-0.39, 0.29) is 24.1 Å². The molecule has 1 fully saturated rings. The molecule has 0 bridgehead atoms. The van der Waals surface area contributed by atoms with Gasteiger partial charge in [0, 0.05) is 23.9 Å². The van der Waals surface area contributed by atoms with Crippen LogP contribution in [0.2, 0.25) is 0 Å². The van der Waals surface area contributed by atoms with Crippen LogP contribution in [0.5, 0.6) is 0 Å². The van der Waals surface area contributed by atoms with Gasteiger partial charge in [0.1, 0.15) is 5.78 Å². The number of Topliss-reactive ketones (excluding diaryl/α,β-unsaturated/α-hetero) is 1. The Balaban J connectivity index is 2.85. The molecule has 1 saturated carbocycles. The minimum absolute atomic E-state index is 0.0261. The van der Waals surface area contributed by atoms with Crippen molar-refractivity contribution in [1.29, 1.82) is 0 Å². The standard InChI is InChI=1S/C13H22O4S/c1-4-13(9(2)3)18(16,17)8-11-5-10(7-14)6-12(11)15/h10-11,14H,4-8H2,1-3H3. The van der Waals surface area contributed by atoms with Crippen molar-refractivity contribution in [3.8, 4) is 0 Å². The van der Waals surface area contributed by atoms with E-state index in [1.54, 1.807) is 13.8 Å². The fourth-order valence-corrected chi connectivity index (χ4v) is 4.73. The molecule has 0 heterocycles. The molecule has 2 unspecified atom stereocenters. The second-order valence-electron chi connectivity index (χ2n) is 5.21. The highest BCUT2D eigenvalue weighted by molar-refractivity contribution is 7.95. The van der Waals surface area contributed by atoms with Gasteiger partial charge in [-0.05, 0) is 32.6 Å². The lowest BCUT2D eigenvalue weighted by atomic mass is 10.1. The molecule has 104 valence electrons. The topological polar surface area (TPSA) is 71.4 Å². The molecule has 0 radical (unpaired) electrons. The van der Waals surface area contributed by atoms with Gasteiger partial charge in [0.15, 0.2) is 9.84 Å². The van der Waals surface area contributed by atoms with E-state index < -0.39 is 15.8 Å². The van der Waals surface area contributed by atoms with Gasteiger partial charge < -0.3 is 5.11 Å². The summed E-state index contributed by atoms with van der Waals surface area (Å²) >= 11 is 0. The highest BCUT2D eigenvalue weighted by atomic mass is 32.2. The monoisotopic (exact) mass is 274 g/mol. The fourth-order valence-electron chi connectivity index (χ4n) is 2.62. The summed E-state index contributed by atoms with van der Waals surface area (Å²) in [6, 6.07) is 0. The van der Waals surface area contributed by atoms with Gasteiger partial charge in [-0.1, -0.05) is 12.5 Å². The largest absolute Gasteiger partial charge is 0.396 e. The van der Waals surface area contributed by atoms with Gasteiger partial charge in [-0.3, -0.25) is 4.79 Å². The Hall–Kier alpha value is -0.680. The zero-order chi connectivity index (χ0) is 13.9. The summed E-state index contributed by atoms with van der Waals surface area (Å²) in [6.07, 6.45) is 1.27. The smallest absolute Gasteiger partial charge is 0.175 e. The maximum atomic E-state index is 12.2. The molecule has 1 aliphatic rings. The van der Waals surface area contributed by atoms with Gasteiger partial charge in [-0.25, -0.2) is 8.42 Å². The third-order valence-corrected chi connectivity index (χ3v) is 5.79. The molecule has 0 saturated heterocycles. The van der Waals surface area contributed by atoms with Gasteiger partial charge in [0.05, 0.1) is 5.75 Å². The Kier molecular flexibility index (Phi) is 5.10. The molecule has 1 N–H and O–H groups in total. The van der Waals surface area contributed by atoms with Gasteiger partial charge in [-0.2, -0.15) is 0 Å². The molecule has 0 aromatic carbocycles. The highest BCUT2D eigenvalue weighted by Crippen LogP contribution is 2.30. The summed E-state index contributed by atoms with van der Waals surface area (Å²) < 4.78 is 24.5. The number of hydrogen-bond donors (Lipinski definition) is 1. The number of ketones is 1. The molecule has 0 aromatic heterocycles. The van der Waals surface area contributed by atoms with E-state index >= 15 is 0 Å². The number of rotatable bonds is 5. The van der Waals surface area contributed by atoms with E-state index in [9.17, 15) is 13.2 Å². The fraction of sp³-hybridized carbons (Fsp3) is 0.769. The maximum Gasteiger partial charge on any atom is 0.175 e. The average molecular weight is 274 g/mol. The second kappa shape index (κ2) is 5.97. The molecule has 1 rings (SSSR count). The van der Waals surface area contributed by atoms with Crippen molar-refractivity contribution in [2.75, 3.05) is 12.4 Å². The van der Waals surface area contributed by atoms with Crippen molar-refractivity contribution in [2.24, 2.45) is 11.8 Å². The first-order chi connectivity index (χ1) is 8.31. The summed E-state index contributed by atoms with van der Waals surface area (Å²) in [5, 5.41) is 9.03. The van der Waals surface area contributed by atoms with Gasteiger partial charge in [0.2, 0.25) is 0 Å². The van der Waals surface area contributed by atoms with Crippen LogP contribution in [0, 0.1) is 11.8 Å². The van der Waals surface area contributed by atoms with Crippen molar-refractivity contribution in [3.05, 3.63) is 10.5 Å². The van der Waals surface area contributed by atoms with Gasteiger partial charge in [0.25, 0.3) is 0 Å². The number of carbonyl (C=O) groups is 1. The molecule has 5 heteroatoms. The van der Waals surface area contributed by atoms with Gasteiger partial charge in [-0.15, -0.1) is 0 Å². The first kappa shape index (κ1) is 15.4. The number of sulfone groups is 1. The summed E-state index contributed by atoms with van der Waals surface area (Å²) in [5.41, 5.74) is 0.793. The maximum absolute atomic E-state index is 12.2. The summed E-state index contributed by atoms with van der Waals surface area (Å²) in [4.78, 5) is 12.2. The van der Waals surface area contributed by atoms with Crippen LogP contribution in [0.15, 0.2) is 10.5 Å². The second-order valence-corrected chi connectivity index (χ2v) is 7.27. The quantitative estimate of drug-likeness (QED) is 0.828. The molecule has 1 aliphatic carbocycles. The van der Waals surface area contributed by atoms with E-state index in [4.69, 9.17) is 5.11 Å². The molecular weight excluding hydrogens is 252 g/mol. The van der Waals surface area contributed by atoms with Crippen LogP contribution in [-0.2, 0) is 14.6 Å². The lowest BCUT2D eigenvalue weighted by Crippen LogP contribution is -2.21. The van der Waals surface area contributed by atoms with E-state index in [1.165, 1.54) is 0 Å². The third-order valence-electron chi connectivity index (χ3n) is 3.50. The van der Waals surface area contributed by atoms with Crippen LogP contribution < -0.4 is 0 Å². The molecule has 0 amide bonds. The van der Waals surface area contributed by atoms with Crippen LogP contribution in [-0.4, -0.2) is 31.7 Å². The third kappa shape index (κ3) is 3.42. The summed E-state index contributed by atoms with van der Waals surface area (Å²) in [5.74, 6) is -0.624. The number of carbonyl (C=O) groups excluding carboxylic acids is 1. The van der Waals surface area contributed by atoms with Crippen LogP contribution in [0.25, 0.3) is 0 Å². The van der Waals surface area contributed by atoms with Crippen molar-refractivity contribution in [1.82, 2.24) is 0 Å². The normalized spacial score (nSPS) is 24.3. The van der Waals surface area contributed by atoms with E-state index in [0.29, 0.717) is 24.2 Å². The van der Waals surface area contributed by atoms with Crippen molar-refractivity contribution in [3.63, 3.8) is 0 Å². The van der Waals surface area contributed by atoms with Crippen LogP contribution >= 0.6 is 0 Å². The Morgan fingerprint density at radius 2 is 2.00 bits per heavy atom. The van der Waals surface area contributed by atoms with Gasteiger partial charge >= 0.3 is 0 Å². The zero-order valence-electron chi connectivity index (χ0n) is 11.3. The van der Waals surface area contributed by atoms with E-state index in [0.717, 1.165) is 5.57 Å². The van der Waals surface area contributed by atoms with E-state index in [2.05, 4.69) is 0 Å². The number of allylic oxidation sites excluding steroid dienone is 2. The Morgan fingerprint density at radius 3 is 2.39 bits per heavy atom. The van der Waals surface area contributed by atoms with Crippen molar-refractivity contribution >= 4 is 15.6 Å². The first-order valence-corrected chi connectivity index (χ1v) is 7.99. The van der Waals surface area contributed by atoms with Crippen LogP contribution in [0.3, 0.4) is 0 Å². The lowest BCUT2D eigenvalue weighted by Gasteiger charge is -2.13. The Labute approximate surface area is 109 Å². The number of aliphatic hydroxyl groups excluding tert-OH is 1. The SMILES string of the molecule is CCC(=C(C)C)S(=O)(=O)CC1CC(CO)CC1=O. The predicted molar refractivity (Wildman–Crippen MR) is 70.8 cm³/mol. The minimum Gasteiger partial charge on any atom is -0.396 e. The first-order valence-electron chi connectivity index (χ1n) is 6.34. The molecule has 0 aliphatic heterocycles. The zero-order valence-corrected chi connectivity index (χ0v) is 12.1. The highest BCUT2D eigenvalue weighted by Gasteiger charge is 2.36. The summed E-state index contributed by atoms with van der Waals surface area (Å²) in [6.45, 7) is 5.34. The summed E-state index contributed by atoms with van der Waals surface area (Å²) in [7, 11) is -3.34. The number of aliphatic hydroxyl groups is 1. The average Bonchev–Trinajstić information content (AvgIpc) is 2.58. The number of hydrogen-bond acceptors (Lipinski definition) is 4. The predicted octanol–water partition coefficient (Wildman–Crippen LogP) is 1.69. The molecule has 18 heavy (non-hydrogen) atoms. The Bertz CT molecular complexity index is 444. The molecule has 0 spiro atoms. The Morgan fingerprint density at radius 1 is 1.39 bits per heavy atom. The van der Waals surface area contributed by atoms with E-state index in [1.807, 2.05) is 6.92 Å². The van der Waals surface area contributed by atoms with Crippen LogP contribution in [0.4, 0.5) is 0 Å². The van der Waals surface area contributed by atoms with Crippen molar-refractivity contribution < 1.29 is 18.3 Å². The minimum atomic E-state index is -3.34. The molecule has 4 nitrogen and oxygen atoms in total. The molecular formula is C13H22O4S. The lowest BCUT2D eigenvalue weighted by molar-refractivity contribution is -0.120. The van der Waals surface area contributed by atoms with Crippen molar-refractivity contribution in [2.45, 2.75) is 40.0 Å². The van der Waals surface area contributed by atoms with Crippen LogP contribution in [0.1, 0.15) is 40.0 Å². The molecule has 2 atom stereocenters.